The van der Waals surface area contributed by atoms with E-state index in [-0.39, 0.29) is 0 Å². The second kappa shape index (κ2) is 5.67. The maximum atomic E-state index is 5.72. The summed E-state index contributed by atoms with van der Waals surface area (Å²) in [5.41, 5.74) is 1.21. The minimum Gasteiger partial charge on any atom is -0.468 e. The van der Waals surface area contributed by atoms with E-state index in [0.29, 0.717) is 12.2 Å². The van der Waals surface area contributed by atoms with Crippen LogP contribution in [0.15, 0.2) is 16.7 Å². The van der Waals surface area contributed by atoms with Crippen molar-refractivity contribution in [2.24, 2.45) is 0 Å². The molecule has 2 heterocycles. The van der Waals surface area contributed by atoms with Gasteiger partial charge in [0, 0.05) is 25.2 Å². The van der Waals surface area contributed by atoms with Crippen molar-refractivity contribution in [2.45, 2.75) is 39.1 Å². The summed E-state index contributed by atoms with van der Waals surface area (Å²) >= 11 is 0. The minimum absolute atomic E-state index is 0.311. The second-order valence-electron chi connectivity index (χ2n) is 4.90. The van der Waals surface area contributed by atoms with Gasteiger partial charge in [-0.25, -0.2) is 0 Å². The lowest BCUT2D eigenvalue weighted by Gasteiger charge is -2.34. The highest BCUT2D eigenvalue weighted by Gasteiger charge is 2.22. The molecule has 1 fully saturated rings. The zero-order valence-electron chi connectivity index (χ0n) is 10.9. The smallest absolute Gasteiger partial charge is 0.118 e. The Labute approximate surface area is 103 Å². The summed E-state index contributed by atoms with van der Waals surface area (Å²) < 4.78 is 11.3. The Morgan fingerprint density at radius 1 is 1.35 bits per heavy atom. The standard InChI is InChI=1S/C13H22N2O2/c1-10-6-15(7-11(2)17-10)8-13-4-12(5-14-3)9-16-13/h4,9-11,14H,5-8H2,1-3H3/t10-,11+. The van der Waals surface area contributed by atoms with Gasteiger partial charge in [0.05, 0.1) is 25.0 Å². The Kier molecular flexibility index (Phi) is 4.20. The number of ether oxygens (including phenoxy) is 1. The Bertz CT molecular complexity index is 341. The maximum absolute atomic E-state index is 5.72. The van der Waals surface area contributed by atoms with Crippen LogP contribution in [0.4, 0.5) is 0 Å². The lowest BCUT2D eigenvalue weighted by Crippen LogP contribution is -2.44. The first-order valence-corrected chi connectivity index (χ1v) is 6.26. The summed E-state index contributed by atoms with van der Waals surface area (Å²) in [6.07, 6.45) is 2.45. The van der Waals surface area contributed by atoms with Crippen LogP contribution in [0.5, 0.6) is 0 Å². The average molecular weight is 238 g/mol. The Hall–Kier alpha value is -0.840. The van der Waals surface area contributed by atoms with E-state index in [1.54, 1.807) is 0 Å². The number of nitrogens with zero attached hydrogens (tertiary/aromatic N) is 1. The van der Waals surface area contributed by atoms with Crippen LogP contribution in [-0.4, -0.2) is 37.2 Å². The molecule has 0 saturated carbocycles. The topological polar surface area (TPSA) is 37.6 Å². The number of rotatable bonds is 4. The molecule has 1 aliphatic heterocycles. The molecule has 1 aromatic heterocycles. The Morgan fingerprint density at radius 2 is 2.06 bits per heavy atom. The summed E-state index contributed by atoms with van der Waals surface area (Å²) in [6.45, 7) is 7.94. The fourth-order valence-corrected chi connectivity index (χ4v) is 2.44. The third-order valence-electron chi connectivity index (χ3n) is 2.96. The highest BCUT2D eigenvalue weighted by Crippen LogP contribution is 2.15. The predicted molar refractivity (Wildman–Crippen MR) is 66.8 cm³/mol. The van der Waals surface area contributed by atoms with Crippen molar-refractivity contribution >= 4 is 0 Å². The molecule has 4 heteroatoms. The van der Waals surface area contributed by atoms with Crippen LogP contribution < -0.4 is 5.32 Å². The van der Waals surface area contributed by atoms with Crippen LogP contribution in [0.3, 0.4) is 0 Å². The van der Waals surface area contributed by atoms with Crippen LogP contribution in [0.25, 0.3) is 0 Å². The fourth-order valence-electron chi connectivity index (χ4n) is 2.44. The Balaban J connectivity index is 1.90. The van der Waals surface area contributed by atoms with Gasteiger partial charge in [-0.2, -0.15) is 0 Å². The van der Waals surface area contributed by atoms with E-state index in [0.717, 1.165) is 31.9 Å². The van der Waals surface area contributed by atoms with Gasteiger partial charge < -0.3 is 14.5 Å². The number of morpholine rings is 1. The predicted octanol–water partition coefficient (Wildman–Crippen LogP) is 1.61. The normalized spacial score (nSPS) is 26.3. The zero-order chi connectivity index (χ0) is 12.3. The molecule has 2 atom stereocenters. The summed E-state index contributed by atoms with van der Waals surface area (Å²) in [4.78, 5) is 2.39. The molecule has 0 radical (unpaired) electrons. The van der Waals surface area contributed by atoms with Crippen LogP contribution in [-0.2, 0) is 17.8 Å². The molecule has 0 aromatic carbocycles. The van der Waals surface area contributed by atoms with Gasteiger partial charge in [0.25, 0.3) is 0 Å². The van der Waals surface area contributed by atoms with Crippen LogP contribution in [0.1, 0.15) is 25.2 Å². The highest BCUT2D eigenvalue weighted by atomic mass is 16.5. The largest absolute Gasteiger partial charge is 0.468 e. The molecule has 17 heavy (non-hydrogen) atoms. The molecule has 0 unspecified atom stereocenters. The molecule has 0 spiro atoms. The van der Waals surface area contributed by atoms with Crippen molar-refractivity contribution < 1.29 is 9.15 Å². The van der Waals surface area contributed by atoms with E-state index in [1.165, 1.54) is 5.56 Å². The lowest BCUT2D eigenvalue weighted by atomic mass is 10.2. The molecule has 0 aliphatic carbocycles. The van der Waals surface area contributed by atoms with Gasteiger partial charge in [0.1, 0.15) is 5.76 Å². The van der Waals surface area contributed by atoms with Gasteiger partial charge in [-0.15, -0.1) is 0 Å². The maximum Gasteiger partial charge on any atom is 0.118 e. The van der Waals surface area contributed by atoms with E-state index in [4.69, 9.17) is 9.15 Å². The first-order chi connectivity index (χ1) is 8.17. The van der Waals surface area contributed by atoms with E-state index in [9.17, 15) is 0 Å². The van der Waals surface area contributed by atoms with E-state index >= 15 is 0 Å². The van der Waals surface area contributed by atoms with Crippen molar-refractivity contribution in [2.75, 3.05) is 20.1 Å². The number of nitrogens with one attached hydrogen (secondary N) is 1. The van der Waals surface area contributed by atoms with E-state index < -0.39 is 0 Å². The molecule has 2 rings (SSSR count). The van der Waals surface area contributed by atoms with Gasteiger partial charge in [-0.3, -0.25) is 4.90 Å². The van der Waals surface area contributed by atoms with Crippen molar-refractivity contribution in [1.82, 2.24) is 10.2 Å². The van der Waals surface area contributed by atoms with E-state index in [2.05, 4.69) is 30.1 Å². The van der Waals surface area contributed by atoms with Gasteiger partial charge in [-0.05, 0) is 27.0 Å². The minimum atomic E-state index is 0.311. The van der Waals surface area contributed by atoms with Crippen LogP contribution in [0.2, 0.25) is 0 Å². The number of hydrogen-bond donors (Lipinski definition) is 1. The first-order valence-electron chi connectivity index (χ1n) is 6.26. The number of hydrogen-bond acceptors (Lipinski definition) is 4. The third-order valence-corrected chi connectivity index (χ3v) is 2.96. The van der Waals surface area contributed by atoms with Gasteiger partial charge in [0.2, 0.25) is 0 Å². The molecular weight excluding hydrogens is 216 g/mol. The van der Waals surface area contributed by atoms with Crippen molar-refractivity contribution in [3.05, 3.63) is 23.7 Å². The Morgan fingerprint density at radius 3 is 2.71 bits per heavy atom. The van der Waals surface area contributed by atoms with Crippen molar-refractivity contribution in [3.8, 4) is 0 Å². The van der Waals surface area contributed by atoms with Gasteiger partial charge in [0.15, 0.2) is 0 Å². The van der Waals surface area contributed by atoms with Gasteiger partial charge >= 0.3 is 0 Å². The van der Waals surface area contributed by atoms with Crippen LogP contribution in [0, 0.1) is 0 Å². The van der Waals surface area contributed by atoms with E-state index in [1.807, 2.05) is 13.3 Å². The SMILES string of the molecule is CNCc1coc(CN2C[C@@H](C)O[C@@H](C)C2)c1. The summed E-state index contributed by atoms with van der Waals surface area (Å²) in [5.74, 6) is 1.04. The molecule has 0 bridgehead atoms. The van der Waals surface area contributed by atoms with Crippen LogP contribution >= 0.6 is 0 Å². The molecule has 1 aliphatic rings. The molecular formula is C13H22N2O2. The van der Waals surface area contributed by atoms with Crippen molar-refractivity contribution in [1.29, 1.82) is 0 Å². The molecule has 1 aromatic rings. The average Bonchev–Trinajstić information content (AvgIpc) is 2.64. The lowest BCUT2D eigenvalue weighted by molar-refractivity contribution is -0.0718. The molecule has 1 N–H and O–H groups in total. The second-order valence-corrected chi connectivity index (χ2v) is 4.90. The molecule has 96 valence electrons. The fraction of sp³-hybridized carbons (Fsp3) is 0.692. The monoisotopic (exact) mass is 238 g/mol. The third kappa shape index (κ3) is 3.56. The molecule has 1 saturated heterocycles. The first kappa shape index (κ1) is 12.6. The quantitative estimate of drug-likeness (QED) is 0.864. The summed E-state index contributed by atoms with van der Waals surface area (Å²) in [6, 6.07) is 2.13. The molecule has 4 nitrogen and oxygen atoms in total. The molecule has 0 amide bonds. The zero-order valence-corrected chi connectivity index (χ0v) is 10.9. The summed E-state index contributed by atoms with van der Waals surface area (Å²) in [5, 5.41) is 3.12. The van der Waals surface area contributed by atoms with Crippen molar-refractivity contribution in [3.63, 3.8) is 0 Å². The summed E-state index contributed by atoms with van der Waals surface area (Å²) in [7, 11) is 1.94. The number of furan rings is 1. The van der Waals surface area contributed by atoms with Gasteiger partial charge in [-0.1, -0.05) is 0 Å². The highest BCUT2D eigenvalue weighted by molar-refractivity contribution is 5.12.